The van der Waals surface area contributed by atoms with Gasteiger partial charge in [0, 0.05) is 33.2 Å². The molecule has 2 heteroatoms. The summed E-state index contributed by atoms with van der Waals surface area (Å²) in [6, 6.07) is 31.4. The molecule has 1 aliphatic heterocycles. The minimum Gasteiger partial charge on any atom is -0.472 e. The summed E-state index contributed by atoms with van der Waals surface area (Å²) in [6.45, 7) is 6.21. The van der Waals surface area contributed by atoms with Crippen molar-refractivity contribution < 1.29 is 9.84 Å². The lowest BCUT2D eigenvalue weighted by atomic mass is 9.80. The zero-order chi connectivity index (χ0) is 26.9. The summed E-state index contributed by atoms with van der Waals surface area (Å²) < 4.78 is 7.22. The molecule has 2 atom stereocenters. The second-order valence-corrected chi connectivity index (χ2v) is 10.8. The topological polar surface area (TPSA) is 29.5 Å². The summed E-state index contributed by atoms with van der Waals surface area (Å²) in [5.74, 6) is 3.50. The van der Waals surface area contributed by atoms with Crippen molar-refractivity contribution in [1.29, 1.82) is 0 Å². The Morgan fingerprint density at radius 3 is 2.15 bits per heavy atom. The third-order valence-electron chi connectivity index (χ3n) is 8.29. The summed E-state index contributed by atoms with van der Waals surface area (Å²) >= 11 is 0. The SMILES string of the molecule is C#CC1(O)c2cc(C)ccc2-c2c1c1c(c3cc(C)ccc23)OC(c2ccccc2)(c2ccc(C)cc2)C=C1. The van der Waals surface area contributed by atoms with Crippen molar-refractivity contribution >= 4 is 16.8 Å². The van der Waals surface area contributed by atoms with Gasteiger partial charge in [-0.05, 0) is 49.4 Å². The first kappa shape index (κ1) is 23.5. The molecule has 1 N–H and O–H groups in total. The van der Waals surface area contributed by atoms with E-state index in [0.29, 0.717) is 0 Å². The van der Waals surface area contributed by atoms with Crippen molar-refractivity contribution in [3.8, 4) is 29.2 Å². The molecule has 0 radical (unpaired) electrons. The van der Waals surface area contributed by atoms with Crippen molar-refractivity contribution in [2.45, 2.75) is 32.0 Å². The normalized spacial score (nSPS) is 20.6. The van der Waals surface area contributed by atoms with Gasteiger partial charge in [0.25, 0.3) is 0 Å². The maximum absolute atomic E-state index is 12.2. The monoisotopic (exact) mass is 504 g/mol. The Kier molecular flexibility index (Phi) is 4.95. The molecular weight excluding hydrogens is 476 g/mol. The third kappa shape index (κ3) is 3.21. The zero-order valence-electron chi connectivity index (χ0n) is 22.2. The molecular formula is C37H28O2. The van der Waals surface area contributed by atoms with Gasteiger partial charge < -0.3 is 9.84 Å². The van der Waals surface area contributed by atoms with Gasteiger partial charge in [-0.2, -0.15) is 0 Å². The highest BCUT2D eigenvalue weighted by Crippen LogP contribution is 2.57. The van der Waals surface area contributed by atoms with Crippen LogP contribution in [0.1, 0.15) is 44.5 Å². The summed E-state index contributed by atoms with van der Waals surface area (Å²) in [7, 11) is 0. The van der Waals surface area contributed by atoms with Crippen LogP contribution in [-0.4, -0.2) is 5.11 Å². The van der Waals surface area contributed by atoms with Gasteiger partial charge >= 0.3 is 0 Å². The van der Waals surface area contributed by atoms with E-state index in [9.17, 15) is 5.11 Å². The number of benzene rings is 5. The number of hydrogen-bond acceptors (Lipinski definition) is 2. The largest absolute Gasteiger partial charge is 0.472 e. The molecule has 7 rings (SSSR count). The van der Waals surface area contributed by atoms with E-state index in [0.717, 1.165) is 66.6 Å². The number of ether oxygens (including phenoxy) is 1. The maximum atomic E-state index is 12.2. The molecule has 0 spiro atoms. The van der Waals surface area contributed by atoms with Crippen LogP contribution in [0, 0.1) is 33.1 Å². The van der Waals surface area contributed by atoms with Crippen LogP contribution in [-0.2, 0) is 11.2 Å². The average molecular weight is 505 g/mol. The van der Waals surface area contributed by atoms with Gasteiger partial charge in [0.1, 0.15) is 5.75 Å². The summed E-state index contributed by atoms with van der Waals surface area (Å²) in [6.07, 6.45) is 10.4. The van der Waals surface area contributed by atoms with Crippen LogP contribution in [0.4, 0.5) is 0 Å². The number of aliphatic hydroxyl groups is 1. The molecule has 5 aromatic rings. The smallest absolute Gasteiger partial charge is 0.178 e. The Labute approximate surface area is 229 Å². The first-order valence-corrected chi connectivity index (χ1v) is 13.3. The van der Waals surface area contributed by atoms with Gasteiger partial charge in [0.2, 0.25) is 0 Å². The lowest BCUT2D eigenvalue weighted by Crippen LogP contribution is -2.35. The van der Waals surface area contributed by atoms with E-state index in [1.165, 1.54) is 5.56 Å². The zero-order valence-corrected chi connectivity index (χ0v) is 22.2. The van der Waals surface area contributed by atoms with Crippen molar-refractivity contribution in [2.24, 2.45) is 0 Å². The molecule has 0 saturated carbocycles. The molecule has 0 bridgehead atoms. The van der Waals surface area contributed by atoms with Crippen LogP contribution >= 0.6 is 0 Å². The molecule has 0 aromatic heterocycles. The Balaban J connectivity index is 1.60. The molecule has 5 aromatic carbocycles. The molecule has 0 saturated heterocycles. The first-order chi connectivity index (χ1) is 18.9. The highest BCUT2D eigenvalue weighted by atomic mass is 16.5. The van der Waals surface area contributed by atoms with E-state index in [2.05, 4.69) is 98.6 Å². The van der Waals surface area contributed by atoms with Gasteiger partial charge in [0.15, 0.2) is 11.2 Å². The predicted octanol–water partition coefficient (Wildman–Crippen LogP) is 7.96. The van der Waals surface area contributed by atoms with Gasteiger partial charge in [-0.3, -0.25) is 0 Å². The van der Waals surface area contributed by atoms with E-state index in [4.69, 9.17) is 11.2 Å². The van der Waals surface area contributed by atoms with Gasteiger partial charge in [-0.25, -0.2) is 0 Å². The second kappa shape index (κ2) is 8.21. The van der Waals surface area contributed by atoms with E-state index in [1.807, 2.05) is 31.2 Å². The quantitative estimate of drug-likeness (QED) is 0.247. The lowest BCUT2D eigenvalue weighted by molar-refractivity contribution is 0.144. The second-order valence-electron chi connectivity index (χ2n) is 10.8. The van der Waals surface area contributed by atoms with Crippen molar-refractivity contribution in [3.63, 3.8) is 0 Å². The van der Waals surface area contributed by atoms with Crippen LogP contribution in [0.3, 0.4) is 0 Å². The molecule has 2 aliphatic rings. The Morgan fingerprint density at radius 1 is 0.744 bits per heavy atom. The standard InChI is InChI=1S/C37H28O2/c1-5-36(38)32-22-25(4)14-18-29(32)33-28-17-13-24(3)21-31(28)35-30(34(33)36)19-20-37(39-35,26-9-7-6-8-10-26)27-15-11-23(2)12-16-27/h1,6-22,38H,2-4H3. The fraction of sp³-hybridized carbons (Fsp3) is 0.135. The van der Waals surface area contributed by atoms with Crippen LogP contribution < -0.4 is 4.74 Å². The summed E-state index contributed by atoms with van der Waals surface area (Å²) in [5.41, 5.74) is 7.29. The third-order valence-corrected chi connectivity index (χ3v) is 8.29. The first-order valence-electron chi connectivity index (χ1n) is 13.3. The molecule has 39 heavy (non-hydrogen) atoms. The minimum atomic E-state index is -1.57. The number of aryl methyl sites for hydroxylation is 3. The number of rotatable bonds is 2. The van der Waals surface area contributed by atoms with E-state index in [-0.39, 0.29) is 0 Å². The molecule has 1 aliphatic carbocycles. The highest BCUT2D eigenvalue weighted by Gasteiger charge is 2.47. The molecule has 188 valence electrons. The van der Waals surface area contributed by atoms with E-state index < -0.39 is 11.2 Å². The van der Waals surface area contributed by atoms with Gasteiger partial charge in [0.05, 0.1) is 0 Å². The lowest BCUT2D eigenvalue weighted by Gasteiger charge is -2.38. The molecule has 2 unspecified atom stereocenters. The summed E-state index contributed by atoms with van der Waals surface area (Å²) in [4.78, 5) is 0. The Morgan fingerprint density at radius 2 is 1.41 bits per heavy atom. The van der Waals surface area contributed by atoms with Crippen molar-refractivity contribution in [2.75, 3.05) is 0 Å². The molecule has 0 fully saturated rings. The minimum absolute atomic E-state index is 0.721. The van der Waals surface area contributed by atoms with Gasteiger partial charge in [-0.1, -0.05) is 114 Å². The summed E-state index contributed by atoms with van der Waals surface area (Å²) in [5, 5.41) is 14.2. The Hall–Kier alpha value is -4.58. The number of hydrogen-bond donors (Lipinski definition) is 1. The fourth-order valence-corrected chi connectivity index (χ4v) is 6.34. The highest BCUT2D eigenvalue weighted by molar-refractivity contribution is 6.09. The molecule has 0 amide bonds. The van der Waals surface area contributed by atoms with Crippen molar-refractivity contribution in [3.05, 3.63) is 142 Å². The number of terminal acetylenes is 1. The average Bonchev–Trinajstić information content (AvgIpc) is 3.22. The fourth-order valence-electron chi connectivity index (χ4n) is 6.34. The van der Waals surface area contributed by atoms with Crippen LogP contribution in [0.2, 0.25) is 0 Å². The molecule has 1 heterocycles. The van der Waals surface area contributed by atoms with Crippen LogP contribution in [0.15, 0.2) is 97.1 Å². The predicted molar refractivity (Wildman–Crippen MR) is 159 cm³/mol. The maximum Gasteiger partial charge on any atom is 0.178 e. The van der Waals surface area contributed by atoms with Crippen LogP contribution in [0.5, 0.6) is 5.75 Å². The van der Waals surface area contributed by atoms with Gasteiger partial charge in [-0.15, -0.1) is 6.42 Å². The number of fused-ring (bicyclic) bond motifs is 8. The van der Waals surface area contributed by atoms with Crippen molar-refractivity contribution in [1.82, 2.24) is 0 Å². The van der Waals surface area contributed by atoms with E-state index >= 15 is 0 Å². The Bertz CT molecular complexity index is 1870. The van der Waals surface area contributed by atoms with E-state index in [1.54, 1.807) is 0 Å². The molecule has 2 nitrogen and oxygen atoms in total. The van der Waals surface area contributed by atoms with Crippen LogP contribution in [0.25, 0.3) is 28.0 Å².